The second-order valence-electron chi connectivity index (χ2n) is 7.29. The predicted octanol–water partition coefficient (Wildman–Crippen LogP) is 4.90. The molecule has 28 heavy (non-hydrogen) atoms. The van der Waals surface area contributed by atoms with Crippen LogP contribution in [0.2, 0.25) is 0 Å². The summed E-state index contributed by atoms with van der Waals surface area (Å²) in [5.74, 6) is 1.79. The number of hydrogen-bond acceptors (Lipinski definition) is 4. The molecule has 1 aromatic rings. The predicted molar refractivity (Wildman–Crippen MR) is 115 cm³/mol. The van der Waals surface area contributed by atoms with Crippen molar-refractivity contribution in [3.05, 3.63) is 29.3 Å². The van der Waals surface area contributed by atoms with E-state index in [0.29, 0.717) is 42.0 Å². The molecule has 0 N–H and O–H groups in total. The Morgan fingerprint density at radius 2 is 1.64 bits per heavy atom. The molecule has 0 saturated heterocycles. The fourth-order valence-corrected chi connectivity index (χ4v) is 3.00. The smallest absolute Gasteiger partial charge is 0.261 e. The summed E-state index contributed by atoms with van der Waals surface area (Å²) in [6.45, 7) is 9.79. The van der Waals surface area contributed by atoms with Crippen LogP contribution >= 0.6 is 0 Å². The summed E-state index contributed by atoms with van der Waals surface area (Å²) in [6, 6.07) is 3.92. The largest absolute Gasteiger partial charge is 0.496 e. The number of likely N-dealkylation sites (N-methyl/N-ethyl adjacent to an activating group) is 1. The summed E-state index contributed by atoms with van der Waals surface area (Å²) >= 11 is 0. The minimum absolute atomic E-state index is 0.145. The second-order valence-corrected chi connectivity index (χ2v) is 7.29. The number of hydrogen-bond donors (Lipinski definition) is 0. The molecular weight excluding hydrogens is 354 g/mol. The molecule has 0 aliphatic rings. The number of rotatable bonds is 11. The minimum Gasteiger partial charge on any atom is -0.496 e. The lowest BCUT2D eigenvalue weighted by Crippen LogP contribution is -2.30. The molecule has 0 bridgehead atoms. The molecule has 2 atom stereocenters. The van der Waals surface area contributed by atoms with Crippen LogP contribution in [0.15, 0.2) is 18.2 Å². The topological polar surface area (TPSA) is 48.0 Å². The van der Waals surface area contributed by atoms with Crippen molar-refractivity contribution in [2.75, 3.05) is 41.5 Å². The maximum absolute atomic E-state index is 13.0. The maximum Gasteiger partial charge on any atom is 0.261 e. The van der Waals surface area contributed by atoms with Gasteiger partial charge in [0.05, 0.1) is 20.8 Å². The molecule has 0 aliphatic heterocycles. The van der Waals surface area contributed by atoms with Gasteiger partial charge < -0.3 is 19.1 Å². The highest BCUT2D eigenvalue weighted by Crippen LogP contribution is 2.37. The van der Waals surface area contributed by atoms with Gasteiger partial charge in [0.2, 0.25) is 0 Å². The third-order valence-corrected chi connectivity index (χ3v) is 5.28. The van der Waals surface area contributed by atoms with Crippen LogP contribution in [-0.2, 0) is 4.74 Å². The van der Waals surface area contributed by atoms with Gasteiger partial charge in [0.15, 0.2) is 0 Å². The average Bonchev–Trinajstić information content (AvgIpc) is 2.73. The number of allylic oxidation sites excluding steroid dienone is 2. The summed E-state index contributed by atoms with van der Waals surface area (Å²) in [5, 5.41) is 0. The van der Waals surface area contributed by atoms with Gasteiger partial charge in [0, 0.05) is 20.7 Å². The van der Waals surface area contributed by atoms with Gasteiger partial charge in [-0.1, -0.05) is 40.2 Å². The van der Waals surface area contributed by atoms with Crippen molar-refractivity contribution >= 4 is 11.5 Å². The Morgan fingerprint density at radius 1 is 1.07 bits per heavy atom. The summed E-state index contributed by atoms with van der Waals surface area (Å²) in [4.78, 5) is 14.6. The quantitative estimate of drug-likeness (QED) is 0.538. The first kappa shape index (κ1) is 24.0. The third kappa shape index (κ3) is 5.99. The second kappa shape index (κ2) is 11.7. The van der Waals surface area contributed by atoms with E-state index in [-0.39, 0.29) is 5.91 Å². The van der Waals surface area contributed by atoms with Crippen LogP contribution in [0, 0.1) is 11.8 Å². The zero-order valence-corrected chi connectivity index (χ0v) is 18.8. The Morgan fingerprint density at radius 3 is 2.07 bits per heavy atom. The highest BCUT2D eigenvalue weighted by atomic mass is 16.5. The van der Waals surface area contributed by atoms with Gasteiger partial charge in [-0.05, 0) is 41.5 Å². The standard InChI is InChI=1S/C23H37NO4/c1-9-16(3)13-19(17(4)10-2)18-14-20(27-7)22(21(15-18)28-8)23(25)24(5)11-12-26-6/h13-17H,9-12H2,1-8H3/b19-13+. The molecule has 1 aromatic carbocycles. The zero-order valence-electron chi connectivity index (χ0n) is 18.8. The fraction of sp³-hybridized carbons (Fsp3) is 0.609. The number of carbonyl (C=O) groups excluding carboxylic acids is 1. The van der Waals surface area contributed by atoms with Gasteiger partial charge in [-0.25, -0.2) is 0 Å². The van der Waals surface area contributed by atoms with E-state index < -0.39 is 0 Å². The molecule has 5 heteroatoms. The number of ether oxygens (including phenoxy) is 3. The van der Waals surface area contributed by atoms with Crippen molar-refractivity contribution < 1.29 is 19.0 Å². The monoisotopic (exact) mass is 391 g/mol. The number of benzene rings is 1. The van der Waals surface area contributed by atoms with Gasteiger partial charge in [0.1, 0.15) is 17.1 Å². The van der Waals surface area contributed by atoms with E-state index in [2.05, 4.69) is 33.8 Å². The van der Waals surface area contributed by atoms with Crippen LogP contribution in [-0.4, -0.2) is 52.3 Å². The lowest BCUT2D eigenvalue weighted by atomic mass is 9.87. The van der Waals surface area contributed by atoms with Crippen LogP contribution in [0.3, 0.4) is 0 Å². The molecule has 0 spiro atoms. The van der Waals surface area contributed by atoms with Gasteiger partial charge in [-0.3, -0.25) is 4.79 Å². The van der Waals surface area contributed by atoms with Crippen molar-refractivity contribution in [2.24, 2.45) is 11.8 Å². The molecule has 0 saturated carbocycles. The van der Waals surface area contributed by atoms with Crippen LogP contribution in [0.25, 0.3) is 5.57 Å². The normalized spacial score (nSPS) is 13.8. The summed E-state index contributed by atoms with van der Waals surface area (Å²) in [5.41, 5.74) is 2.75. The van der Waals surface area contributed by atoms with Crippen molar-refractivity contribution in [3.63, 3.8) is 0 Å². The van der Waals surface area contributed by atoms with Crippen molar-refractivity contribution in [1.82, 2.24) is 4.90 Å². The first-order valence-corrected chi connectivity index (χ1v) is 10.1. The number of amides is 1. The lowest BCUT2D eigenvalue weighted by Gasteiger charge is -2.23. The van der Waals surface area contributed by atoms with Crippen molar-refractivity contribution in [2.45, 2.75) is 40.5 Å². The van der Waals surface area contributed by atoms with E-state index in [0.717, 1.165) is 18.4 Å². The first-order chi connectivity index (χ1) is 13.3. The Bertz CT molecular complexity index is 644. The van der Waals surface area contributed by atoms with E-state index in [1.807, 2.05) is 12.1 Å². The van der Waals surface area contributed by atoms with E-state index in [4.69, 9.17) is 14.2 Å². The summed E-state index contributed by atoms with van der Waals surface area (Å²) < 4.78 is 16.3. The number of methoxy groups -OCH3 is 3. The number of carbonyl (C=O) groups is 1. The Balaban J connectivity index is 3.50. The Kier molecular flexibility index (Phi) is 10.1. The highest BCUT2D eigenvalue weighted by molar-refractivity contribution is 6.00. The molecule has 0 heterocycles. The Labute approximate surface area is 170 Å². The highest BCUT2D eigenvalue weighted by Gasteiger charge is 2.24. The zero-order chi connectivity index (χ0) is 21.3. The minimum atomic E-state index is -0.145. The van der Waals surface area contributed by atoms with Crippen LogP contribution < -0.4 is 9.47 Å². The van der Waals surface area contributed by atoms with E-state index >= 15 is 0 Å². The molecule has 2 unspecified atom stereocenters. The molecule has 0 fully saturated rings. The third-order valence-electron chi connectivity index (χ3n) is 5.28. The molecule has 5 nitrogen and oxygen atoms in total. The average molecular weight is 392 g/mol. The van der Waals surface area contributed by atoms with Gasteiger partial charge >= 0.3 is 0 Å². The van der Waals surface area contributed by atoms with E-state index in [1.54, 1.807) is 33.3 Å². The Hall–Kier alpha value is -2.01. The first-order valence-electron chi connectivity index (χ1n) is 10.1. The van der Waals surface area contributed by atoms with Crippen molar-refractivity contribution in [3.8, 4) is 11.5 Å². The molecule has 0 radical (unpaired) electrons. The van der Waals surface area contributed by atoms with Gasteiger partial charge in [-0.2, -0.15) is 0 Å². The van der Waals surface area contributed by atoms with E-state index in [9.17, 15) is 4.79 Å². The molecular formula is C23H37NO4. The van der Waals surface area contributed by atoms with Crippen LogP contribution in [0.1, 0.15) is 56.5 Å². The van der Waals surface area contributed by atoms with Gasteiger partial charge in [-0.15, -0.1) is 0 Å². The van der Waals surface area contributed by atoms with Crippen LogP contribution in [0.5, 0.6) is 11.5 Å². The van der Waals surface area contributed by atoms with Crippen LogP contribution in [0.4, 0.5) is 0 Å². The molecule has 0 aliphatic carbocycles. The summed E-state index contributed by atoms with van der Waals surface area (Å²) in [6.07, 6.45) is 4.44. The molecule has 1 amide bonds. The molecule has 1 rings (SSSR count). The number of nitrogens with zero attached hydrogens (tertiary/aromatic N) is 1. The molecule has 158 valence electrons. The maximum atomic E-state index is 13.0. The fourth-order valence-electron chi connectivity index (χ4n) is 3.00. The van der Waals surface area contributed by atoms with Crippen molar-refractivity contribution in [1.29, 1.82) is 0 Å². The SMILES string of the molecule is CCC(C)/C=C(/c1cc(OC)c(C(=O)N(C)CCOC)c(OC)c1)C(C)CC. The molecule has 0 aromatic heterocycles. The van der Waals surface area contributed by atoms with Gasteiger partial charge in [0.25, 0.3) is 5.91 Å². The summed E-state index contributed by atoms with van der Waals surface area (Å²) in [7, 11) is 6.55. The lowest BCUT2D eigenvalue weighted by molar-refractivity contribution is 0.0737. The van der Waals surface area contributed by atoms with E-state index in [1.165, 1.54) is 5.57 Å².